The maximum Gasteiger partial charge on any atom is 0.255 e. The lowest BCUT2D eigenvalue weighted by Crippen LogP contribution is -2.27. The Kier molecular flexibility index (Phi) is 4.08. The van der Waals surface area contributed by atoms with Gasteiger partial charge in [-0.25, -0.2) is 4.98 Å². The Morgan fingerprint density at radius 1 is 1.40 bits per heavy atom. The van der Waals surface area contributed by atoms with Crippen molar-refractivity contribution < 1.29 is 9.21 Å². The molecular formula is C15H19N3O2. The molecule has 1 unspecified atom stereocenters. The highest BCUT2D eigenvalue weighted by atomic mass is 16.3. The summed E-state index contributed by atoms with van der Waals surface area (Å²) in [5.41, 5.74) is 1.52. The lowest BCUT2D eigenvalue weighted by molar-refractivity contribution is 0.0940. The molecule has 0 saturated heterocycles. The van der Waals surface area contributed by atoms with Gasteiger partial charge >= 0.3 is 0 Å². The first-order valence-corrected chi connectivity index (χ1v) is 6.53. The van der Waals surface area contributed by atoms with Crippen LogP contribution < -0.4 is 10.6 Å². The Morgan fingerprint density at radius 2 is 2.15 bits per heavy atom. The van der Waals surface area contributed by atoms with Gasteiger partial charge in [-0.05, 0) is 39.0 Å². The van der Waals surface area contributed by atoms with Gasteiger partial charge in [0.15, 0.2) is 0 Å². The van der Waals surface area contributed by atoms with Gasteiger partial charge in [0.25, 0.3) is 5.91 Å². The highest BCUT2D eigenvalue weighted by molar-refractivity contribution is 5.98. The number of aryl methyl sites for hydroxylation is 2. The highest BCUT2D eigenvalue weighted by Crippen LogP contribution is 2.22. The monoisotopic (exact) mass is 273 g/mol. The van der Waals surface area contributed by atoms with E-state index in [0.717, 1.165) is 17.1 Å². The molecule has 2 heterocycles. The van der Waals surface area contributed by atoms with Crippen molar-refractivity contribution >= 4 is 11.7 Å². The van der Waals surface area contributed by atoms with E-state index in [2.05, 4.69) is 15.6 Å². The van der Waals surface area contributed by atoms with Crippen LogP contribution in [0.4, 0.5) is 5.82 Å². The SMILES string of the molecule is CNc1ncccc1C(=O)NC(C)c1cc(C)oc1C. The van der Waals surface area contributed by atoms with Gasteiger partial charge in [0.2, 0.25) is 0 Å². The Hall–Kier alpha value is -2.30. The molecule has 1 atom stereocenters. The summed E-state index contributed by atoms with van der Waals surface area (Å²) < 4.78 is 5.49. The topological polar surface area (TPSA) is 67.2 Å². The number of pyridine rings is 1. The summed E-state index contributed by atoms with van der Waals surface area (Å²) in [4.78, 5) is 16.4. The summed E-state index contributed by atoms with van der Waals surface area (Å²) in [6.45, 7) is 5.73. The van der Waals surface area contributed by atoms with Crippen LogP contribution in [-0.2, 0) is 0 Å². The number of carbonyl (C=O) groups excluding carboxylic acids is 1. The summed E-state index contributed by atoms with van der Waals surface area (Å²) in [5.74, 6) is 2.08. The fourth-order valence-corrected chi connectivity index (χ4v) is 2.22. The van der Waals surface area contributed by atoms with Crippen LogP contribution in [-0.4, -0.2) is 17.9 Å². The number of amides is 1. The van der Waals surface area contributed by atoms with E-state index in [0.29, 0.717) is 11.4 Å². The molecule has 0 spiro atoms. The average Bonchev–Trinajstić information content (AvgIpc) is 2.77. The van der Waals surface area contributed by atoms with Gasteiger partial charge in [0.1, 0.15) is 17.3 Å². The number of nitrogens with zero attached hydrogens (tertiary/aromatic N) is 1. The van der Waals surface area contributed by atoms with E-state index in [1.54, 1.807) is 25.4 Å². The molecule has 0 aliphatic carbocycles. The third-order valence-electron chi connectivity index (χ3n) is 3.18. The Labute approximate surface area is 118 Å². The molecule has 0 aromatic carbocycles. The zero-order valence-electron chi connectivity index (χ0n) is 12.2. The first-order chi connectivity index (χ1) is 9.52. The molecule has 5 heteroatoms. The second-order valence-corrected chi connectivity index (χ2v) is 4.71. The van der Waals surface area contributed by atoms with E-state index in [4.69, 9.17) is 4.42 Å². The standard InChI is InChI=1S/C15H19N3O2/c1-9-8-13(11(3)20-9)10(2)18-15(19)12-6-5-7-17-14(12)16-4/h5-8,10H,1-4H3,(H,16,17)(H,18,19). The summed E-state index contributed by atoms with van der Waals surface area (Å²) >= 11 is 0. The maximum absolute atomic E-state index is 12.3. The zero-order chi connectivity index (χ0) is 14.7. The summed E-state index contributed by atoms with van der Waals surface area (Å²) in [6.07, 6.45) is 1.65. The second-order valence-electron chi connectivity index (χ2n) is 4.71. The highest BCUT2D eigenvalue weighted by Gasteiger charge is 2.18. The van der Waals surface area contributed by atoms with Crippen LogP contribution in [0.2, 0.25) is 0 Å². The molecule has 0 bridgehead atoms. The van der Waals surface area contributed by atoms with Crippen LogP contribution in [0.3, 0.4) is 0 Å². The fraction of sp³-hybridized carbons (Fsp3) is 0.333. The molecule has 2 aromatic heterocycles. The van der Waals surface area contributed by atoms with E-state index in [-0.39, 0.29) is 11.9 Å². The van der Waals surface area contributed by atoms with E-state index in [9.17, 15) is 4.79 Å². The maximum atomic E-state index is 12.3. The molecule has 20 heavy (non-hydrogen) atoms. The molecule has 0 aliphatic heterocycles. The Bertz CT molecular complexity index is 619. The predicted octanol–water partition coefficient (Wildman–Crippen LogP) is 2.82. The minimum Gasteiger partial charge on any atom is -0.466 e. The number of nitrogens with one attached hydrogen (secondary N) is 2. The van der Waals surface area contributed by atoms with Gasteiger partial charge in [0.05, 0.1) is 11.6 Å². The van der Waals surface area contributed by atoms with Crippen molar-refractivity contribution in [2.24, 2.45) is 0 Å². The van der Waals surface area contributed by atoms with Crippen molar-refractivity contribution in [1.29, 1.82) is 0 Å². The van der Waals surface area contributed by atoms with Crippen molar-refractivity contribution in [3.63, 3.8) is 0 Å². The summed E-state index contributed by atoms with van der Waals surface area (Å²) in [6, 6.07) is 5.31. The van der Waals surface area contributed by atoms with Crippen molar-refractivity contribution in [3.8, 4) is 0 Å². The van der Waals surface area contributed by atoms with Crippen LogP contribution in [0.1, 0.15) is 40.4 Å². The lowest BCUT2D eigenvalue weighted by atomic mass is 10.1. The van der Waals surface area contributed by atoms with E-state index in [1.165, 1.54) is 0 Å². The van der Waals surface area contributed by atoms with Crippen molar-refractivity contribution in [2.45, 2.75) is 26.8 Å². The third-order valence-corrected chi connectivity index (χ3v) is 3.18. The van der Waals surface area contributed by atoms with E-state index < -0.39 is 0 Å². The zero-order valence-corrected chi connectivity index (χ0v) is 12.2. The average molecular weight is 273 g/mol. The molecule has 2 aromatic rings. The molecule has 2 N–H and O–H groups in total. The third kappa shape index (κ3) is 2.82. The van der Waals surface area contributed by atoms with Gasteiger partial charge in [-0.15, -0.1) is 0 Å². The van der Waals surface area contributed by atoms with Crippen LogP contribution in [0.5, 0.6) is 0 Å². The van der Waals surface area contributed by atoms with Crippen LogP contribution in [0, 0.1) is 13.8 Å². The molecule has 5 nitrogen and oxygen atoms in total. The van der Waals surface area contributed by atoms with Crippen molar-refractivity contribution in [2.75, 3.05) is 12.4 Å². The Morgan fingerprint density at radius 3 is 2.75 bits per heavy atom. The van der Waals surface area contributed by atoms with E-state index in [1.807, 2.05) is 26.8 Å². The van der Waals surface area contributed by atoms with E-state index >= 15 is 0 Å². The smallest absolute Gasteiger partial charge is 0.255 e. The van der Waals surface area contributed by atoms with Crippen molar-refractivity contribution in [3.05, 3.63) is 47.0 Å². The minimum absolute atomic E-state index is 0.120. The van der Waals surface area contributed by atoms with Gasteiger partial charge in [0, 0.05) is 18.8 Å². The van der Waals surface area contributed by atoms with Crippen molar-refractivity contribution in [1.82, 2.24) is 10.3 Å². The number of furan rings is 1. The minimum atomic E-state index is -0.159. The van der Waals surface area contributed by atoms with Crippen LogP contribution in [0.25, 0.3) is 0 Å². The molecule has 1 amide bonds. The molecule has 0 aliphatic rings. The van der Waals surface area contributed by atoms with Gasteiger partial charge in [-0.2, -0.15) is 0 Å². The summed E-state index contributed by atoms with van der Waals surface area (Å²) in [7, 11) is 1.74. The first-order valence-electron chi connectivity index (χ1n) is 6.53. The number of hydrogen-bond acceptors (Lipinski definition) is 4. The molecule has 0 fully saturated rings. The molecule has 106 valence electrons. The van der Waals surface area contributed by atoms with Gasteiger partial charge < -0.3 is 15.1 Å². The first kappa shape index (κ1) is 14.1. The fourth-order valence-electron chi connectivity index (χ4n) is 2.22. The lowest BCUT2D eigenvalue weighted by Gasteiger charge is -2.14. The number of aromatic nitrogens is 1. The quantitative estimate of drug-likeness (QED) is 0.899. The number of hydrogen-bond donors (Lipinski definition) is 2. The molecule has 0 radical (unpaired) electrons. The largest absolute Gasteiger partial charge is 0.466 e. The predicted molar refractivity (Wildman–Crippen MR) is 77.8 cm³/mol. The number of rotatable bonds is 4. The van der Waals surface area contributed by atoms with Crippen LogP contribution >= 0.6 is 0 Å². The number of carbonyl (C=O) groups is 1. The Balaban J connectivity index is 2.17. The van der Waals surface area contributed by atoms with Crippen LogP contribution in [0.15, 0.2) is 28.8 Å². The summed E-state index contributed by atoms with van der Waals surface area (Å²) in [5, 5.41) is 5.88. The second kappa shape index (κ2) is 5.77. The molecular weight excluding hydrogens is 254 g/mol. The normalized spacial score (nSPS) is 12.0. The molecule has 2 rings (SSSR count). The van der Waals surface area contributed by atoms with Gasteiger partial charge in [-0.3, -0.25) is 4.79 Å². The molecule has 0 saturated carbocycles. The number of anilines is 1. The van der Waals surface area contributed by atoms with Gasteiger partial charge in [-0.1, -0.05) is 0 Å².